The number of aliphatic hydroxyl groups is 1. The van der Waals surface area contributed by atoms with Crippen molar-refractivity contribution in [2.75, 3.05) is 32.7 Å². The second-order valence-electron chi connectivity index (χ2n) is 4.76. The summed E-state index contributed by atoms with van der Waals surface area (Å²) in [5.41, 5.74) is -0.509. The smallest absolute Gasteiger partial charge is 0.350 e. The first-order valence-corrected chi connectivity index (χ1v) is 7.13. The highest BCUT2D eigenvalue weighted by Crippen LogP contribution is 2.43. The Balaban J connectivity index is 2.31. The van der Waals surface area contributed by atoms with Gasteiger partial charge in [-0.25, -0.2) is 9.18 Å². The first-order valence-electron chi connectivity index (χ1n) is 6.19. The van der Waals surface area contributed by atoms with E-state index in [4.69, 9.17) is 4.74 Å². The van der Waals surface area contributed by atoms with Crippen LogP contribution in [0.3, 0.4) is 0 Å². The fourth-order valence-corrected chi connectivity index (χ4v) is 3.65. The predicted octanol–water partition coefficient (Wildman–Crippen LogP) is 0.269. The topological polar surface area (TPSA) is 67.6 Å². The zero-order valence-corrected chi connectivity index (χ0v) is 12.4. The Morgan fingerprint density at radius 3 is 2.75 bits per heavy atom. The third-order valence-corrected chi connectivity index (χ3v) is 4.80. The molecular weight excluding hydrogens is 285 g/mol. The number of nitrogens with zero attached hydrogens (tertiary/aromatic N) is 3. The molecule has 1 saturated heterocycles. The van der Waals surface area contributed by atoms with Gasteiger partial charge in [0.15, 0.2) is 6.17 Å². The maximum Gasteiger partial charge on any atom is 0.350 e. The molecular formula is C12H18FN3O3S. The standard InChI is InChI=1S/C12H18FN3O3S/c1-15(2)8-4-5-16(12(18)14-8)11-9(13)10(19-3)7(6-17)20-11/h4-5,7,9-11,17H,6H2,1-3H3/t7-,9+,10-,11-/m1/s1. The van der Waals surface area contributed by atoms with Crippen LogP contribution in [0, 0.1) is 0 Å². The molecule has 0 radical (unpaired) electrons. The molecule has 1 fully saturated rings. The van der Waals surface area contributed by atoms with Crippen LogP contribution in [-0.4, -0.2) is 60.0 Å². The van der Waals surface area contributed by atoms with Crippen molar-refractivity contribution < 1.29 is 14.2 Å². The monoisotopic (exact) mass is 303 g/mol. The first kappa shape index (κ1) is 15.3. The fraction of sp³-hybridized carbons (Fsp3) is 0.667. The Morgan fingerprint density at radius 1 is 1.60 bits per heavy atom. The second-order valence-corrected chi connectivity index (χ2v) is 6.12. The van der Waals surface area contributed by atoms with Gasteiger partial charge in [-0.2, -0.15) is 4.98 Å². The molecule has 0 unspecified atom stereocenters. The summed E-state index contributed by atoms with van der Waals surface area (Å²) in [5.74, 6) is 0.520. The molecule has 0 spiro atoms. The molecule has 6 nitrogen and oxygen atoms in total. The van der Waals surface area contributed by atoms with Crippen molar-refractivity contribution in [1.29, 1.82) is 0 Å². The lowest BCUT2D eigenvalue weighted by atomic mass is 10.1. The normalized spacial score (nSPS) is 29.6. The fourth-order valence-electron chi connectivity index (χ4n) is 2.19. The van der Waals surface area contributed by atoms with Gasteiger partial charge in [0, 0.05) is 27.4 Å². The van der Waals surface area contributed by atoms with E-state index in [2.05, 4.69) is 4.98 Å². The minimum Gasteiger partial charge on any atom is -0.395 e. The summed E-state index contributed by atoms with van der Waals surface area (Å²) in [6.07, 6.45) is -0.566. The highest BCUT2D eigenvalue weighted by Gasteiger charge is 2.46. The minimum atomic E-state index is -1.37. The van der Waals surface area contributed by atoms with E-state index in [1.54, 1.807) is 25.1 Å². The van der Waals surface area contributed by atoms with Crippen molar-refractivity contribution in [3.8, 4) is 0 Å². The van der Waals surface area contributed by atoms with E-state index >= 15 is 0 Å². The van der Waals surface area contributed by atoms with Crippen LogP contribution in [0.2, 0.25) is 0 Å². The molecule has 4 atom stereocenters. The third-order valence-electron chi connectivity index (χ3n) is 3.27. The highest BCUT2D eigenvalue weighted by molar-refractivity contribution is 8.00. The van der Waals surface area contributed by atoms with Gasteiger partial charge >= 0.3 is 5.69 Å². The van der Waals surface area contributed by atoms with Crippen LogP contribution in [-0.2, 0) is 4.74 Å². The lowest BCUT2D eigenvalue weighted by Gasteiger charge is -2.18. The molecule has 0 aliphatic carbocycles. The van der Waals surface area contributed by atoms with E-state index in [1.165, 1.54) is 29.6 Å². The van der Waals surface area contributed by atoms with E-state index in [9.17, 15) is 14.3 Å². The van der Waals surface area contributed by atoms with Crippen LogP contribution in [0.15, 0.2) is 17.1 Å². The number of halogens is 1. The Hall–Kier alpha value is -1.12. The van der Waals surface area contributed by atoms with Gasteiger partial charge in [0.1, 0.15) is 17.3 Å². The molecule has 0 amide bonds. The number of aliphatic hydroxyl groups excluding tert-OH is 1. The summed E-state index contributed by atoms with van der Waals surface area (Å²) in [4.78, 5) is 17.6. The maximum atomic E-state index is 14.4. The van der Waals surface area contributed by atoms with Crippen LogP contribution in [0.1, 0.15) is 5.37 Å². The number of methoxy groups -OCH3 is 1. The van der Waals surface area contributed by atoms with Gasteiger partial charge in [-0.3, -0.25) is 4.57 Å². The van der Waals surface area contributed by atoms with Crippen molar-refractivity contribution >= 4 is 17.6 Å². The van der Waals surface area contributed by atoms with Gasteiger partial charge in [-0.05, 0) is 6.07 Å². The molecule has 1 aromatic rings. The van der Waals surface area contributed by atoms with Gasteiger partial charge in [-0.15, -0.1) is 11.8 Å². The highest BCUT2D eigenvalue weighted by atomic mass is 32.2. The maximum absolute atomic E-state index is 14.4. The van der Waals surface area contributed by atoms with E-state index in [0.717, 1.165) is 0 Å². The number of ether oxygens (including phenoxy) is 1. The quantitative estimate of drug-likeness (QED) is 0.861. The van der Waals surface area contributed by atoms with Gasteiger partial charge in [0.2, 0.25) is 0 Å². The van der Waals surface area contributed by atoms with E-state index in [0.29, 0.717) is 5.82 Å². The summed E-state index contributed by atoms with van der Waals surface area (Å²) in [7, 11) is 4.95. The Labute approximate surface area is 120 Å². The number of alkyl halides is 1. The van der Waals surface area contributed by atoms with Gasteiger partial charge in [0.25, 0.3) is 0 Å². The number of thioether (sulfide) groups is 1. The molecule has 0 saturated carbocycles. The predicted molar refractivity (Wildman–Crippen MR) is 76.0 cm³/mol. The van der Waals surface area contributed by atoms with Crippen molar-refractivity contribution in [3.63, 3.8) is 0 Å². The average Bonchev–Trinajstić information content (AvgIpc) is 2.74. The molecule has 2 heterocycles. The van der Waals surface area contributed by atoms with Gasteiger partial charge in [0.05, 0.1) is 11.9 Å². The van der Waals surface area contributed by atoms with E-state index in [-0.39, 0.29) is 11.9 Å². The Kier molecular flexibility index (Phi) is 4.66. The lowest BCUT2D eigenvalue weighted by Crippen LogP contribution is -2.35. The molecule has 1 aromatic heterocycles. The number of anilines is 1. The molecule has 112 valence electrons. The Morgan fingerprint density at radius 2 is 2.30 bits per heavy atom. The molecule has 0 bridgehead atoms. The number of hydrogen-bond acceptors (Lipinski definition) is 6. The second kappa shape index (κ2) is 6.11. The van der Waals surface area contributed by atoms with Crippen LogP contribution in [0.25, 0.3) is 0 Å². The molecule has 2 rings (SSSR count). The number of rotatable bonds is 4. The SMILES string of the molecule is CO[C@H]1[C@H](F)[C@H](n2ccc(N(C)C)nc2=O)S[C@@H]1CO. The molecule has 1 N–H and O–H groups in total. The lowest BCUT2D eigenvalue weighted by molar-refractivity contribution is 0.0230. The van der Waals surface area contributed by atoms with Crippen LogP contribution >= 0.6 is 11.8 Å². The van der Waals surface area contributed by atoms with Gasteiger partial charge in [-0.1, -0.05) is 0 Å². The number of hydrogen-bond donors (Lipinski definition) is 1. The summed E-state index contributed by atoms with van der Waals surface area (Å²) in [5, 5.41) is 8.14. The summed E-state index contributed by atoms with van der Waals surface area (Å²) in [6.45, 7) is -0.196. The molecule has 0 aromatic carbocycles. The van der Waals surface area contributed by atoms with Crippen molar-refractivity contribution in [3.05, 3.63) is 22.7 Å². The first-order chi connectivity index (χ1) is 9.49. The van der Waals surface area contributed by atoms with Crippen molar-refractivity contribution in [1.82, 2.24) is 9.55 Å². The van der Waals surface area contributed by atoms with E-state index in [1.807, 2.05) is 0 Å². The largest absolute Gasteiger partial charge is 0.395 e. The molecule has 1 aliphatic heterocycles. The summed E-state index contributed by atoms with van der Waals surface area (Å²) in [6, 6.07) is 1.66. The Bertz CT molecular complexity index is 525. The van der Waals surface area contributed by atoms with Crippen LogP contribution < -0.4 is 10.6 Å². The van der Waals surface area contributed by atoms with Crippen molar-refractivity contribution in [2.45, 2.75) is 22.9 Å². The summed E-state index contributed by atoms with van der Waals surface area (Å²) >= 11 is 1.19. The summed E-state index contributed by atoms with van der Waals surface area (Å²) < 4.78 is 20.7. The third kappa shape index (κ3) is 2.68. The zero-order chi connectivity index (χ0) is 14.9. The van der Waals surface area contributed by atoms with Crippen LogP contribution in [0.5, 0.6) is 0 Å². The molecule has 8 heteroatoms. The van der Waals surface area contributed by atoms with Crippen LogP contribution in [0.4, 0.5) is 10.2 Å². The zero-order valence-electron chi connectivity index (χ0n) is 11.6. The van der Waals surface area contributed by atoms with Crippen molar-refractivity contribution in [2.24, 2.45) is 0 Å². The molecule has 20 heavy (non-hydrogen) atoms. The number of aromatic nitrogens is 2. The molecule has 1 aliphatic rings. The van der Waals surface area contributed by atoms with E-state index < -0.39 is 23.3 Å². The minimum absolute atomic E-state index is 0.196. The van der Waals surface area contributed by atoms with Gasteiger partial charge < -0.3 is 14.7 Å². The average molecular weight is 303 g/mol.